The zero-order chi connectivity index (χ0) is 27.4. The molecule has 4 heteroatoms. The van der Waals surface area contributed by atoms with Crippen LogP contribution in [-0.4, -0.2) is 24.2 Å². The monoisotopic (exact) mass is 522 g/mol. The lowest BCUT2D eigenvalue weighted by molar-refractivity contribution is -0.138. The fraction of sp³-hybridized carbons (Fsp3) is 0.879. The molecule has 0 unspecified atom stereocenters. The lowest BCUT2D eigenvalue weighted by atomic mass is 9.96. The average molecular weight is 523 g/mol. The fourth-order valence-electron chi connectivity index (χ4n) is 5.17. The topological polar surface area (TPSA) is 63.6 Å². The van der Waals surface area contributed by atoms with Crippen LogP contribution in [0.5, 0.6) is 0 Å². The molecule has 0 saturated heterocycles. The Morgan fingerprint density at radius 2 is 0.730 bits per heavy atom. The van der Waals surface area contributed by atoms with E-state index < -0.39 is 11.9 Å². The molecular weight excluding hydrogens is 460 g/mol. The maximum Gasteiger partial charge on any atom is 0.334 e. The fourth-order valence-corrected chi connectivity index (χ4v) is 5.17. The first-order valence-electron chi connectivity index (χ1n) is 16.1. The molecular formula is C33H62O4. The number of hydrogen-bond acceptors (Lipinski definition) is 3. The van der Waals surface area contributed by atoms with Crippen molar-refractivity contribution in [1.82, 2.24) is 0 Å². The van der Waals surface area contributed by atoms with Gasteiger partial charge in [-0.3, -0.25) is 0 Å². The normalized spacial score (nSPS) is 12.0. The third-order valence-electron chi connectivity index (χ3n) is 7.61. The minimum absolute atomic E-state index is 0.280. The molecule has 4 nitrogen and oxygen atoms in total. The van der Waals surface area contributed by atoms with Crippen LogP contribution < -0.4 is 0 Å². The second-order valence-electron chi connectivity index (χ2n) is 11.0. The predicted octanol–water partition coefficient (Wildman–Crippen LogP) is 10.7. The zero-order valence-electron chi connectivity index (χ0n) is 25.1. The number of rotatable bonds is 28. The summed E-state index contributed by atoms with van der Waals surface area (Å²) in [5, 5.41) is 9.79. The van der Waals surface area contributed by atoms with Gasteiger partial charge in [-0.05, 0) is 25.7 Å². The van der Waals surface area contributed by atoms with Gasteiger partial charge in [0.1, 0.15) is 0 Å². The van der Waals surface area contributed by atoms with E-state index in [0.29, 0.717) is 18.4 Å². The van der Waals surface area contributed by atoms with Crippen molar-refractivity contribution in [2.75, 3.05) is 7.11 Å². The van der Waals surface area contributed by atoms with E-state index in [1.807, 2.05) is 0 Å². The van der Waals surface area contributed by atoms with Gasteiger partial charge in [0.2, 0.25) is 0 Å². The number of unbranched alkanes of at least 4 members (excludes halogenated alkanes) is 22. The Hall–Kier alpha value is -1.32. The van der Waals surface area contributed by atoms with E-state index in [4.69, 9.17) is 4.74 Å². The molecule has 0 aromatic heterocycles. The summed E-state index contributed by atoms with van der Waals surface area (Å²) in [6, 6.07) is 0. The molecule has 0 aliphatic carbocycles. The van der Waals surface area contributed by atoms with Gasteiger partial charge in [0, 0.05) is 11.1 Å². The van der Waals surface area contributed by atoms with Crippen molar-refractivity contribution in [3.63, 3.8) is 0 Å². The Morgan fingerprint density at radius 3 is 1.00 bits per heavy atom. The number of esters is 1. The maximum absolute atomic E-state index is 12.4. The molecule has 0 aromatic rings. The van der Waals surface area contributed by atoms with Gasteiger partial charge >= 0.3 is 11.9 Å². The SMILES string of the molecule is CCCCCCCCCCCCCCC(C(=O)O)=C(CCCCCCCCCCCCCC)C(=O)OC. The molecule has 1 N–H and O–H groups in total. The minimum Gasteiger partial charge on any atom is -0.478 e. The van der Waals surface area contributed by atoms with Crippen molar-refractivity contribution in [3.8, 4) is 0 Å². The molecule has 0 bridgehead atoms. The van der Waals surface area contributed by atoms with Crippen LogP contribution in [0, 0.1) is 0 Å². The molecule has 0 atom stereocenters. The molecule has 0 aliphatic rings. The summed E-state index contributed by atoms with van der Waals surface area (Å²) in [6.07, 6.45) is 31.0. The first-order valence-corrected chi connectivity index (χ1v) is 16.1. The van der Waals surface area contributed by atoms with Crippen molar-refractivity contribution in [2.24, 2.45) is 0 Å². The van der Waals surface area contributed by atoms with Gasteiger partial charge in [-0.25, -0.2) is 9.59 Å². The van der Waals surface area contributed by atoms with Crippen LogP contribution in [0.1, 0.15) is 181 Å². The van der Waals surface area contributed by atoms with Crippen molar-refractivity contribution >= 4 is 11.9 Å². The summed E-state index contributed by atoms with van der Waals surface area (Å²) in [5.74, 6) is -1.41. The summed E-state index contributed by atoms with van der Waals surface area (Å²) in [5.41, 5.74) is 0.673. The Bertz CT molecular complexity index is 567. The number of carboxylic acids is 1. The lowest BCUT2D eigenvalue weighted by Crippen LogP contribution is -2.14. The zero-order valence-corrected chi connectivity index (χ0v) is 25.1. The van der Waals surface area contributed by atoms with Crippen molar-refractivity contribution < 1.29 is 19.4 Å². The molecule has 0 heterocycles. The molecule has 0 amide bonds. The molecule has 0 aromatic carbocycles. The number of hydrogen-bond donors (Lipinski definition) is 1. The molecule has 0 spiro atoms. The standard InChI is InChI=1S/C33H62O4/c1-4-6-8-10-12-14-16-18-20-22-24-26-28-30(32(34)35)31(33(36)37-3)29-27-25-23-21-19-17-15-13-11-9-7-5-2/h4-29H2,1-3H3,(H,34,35). The summed E-state index contributed by atoms with van der Waals surface area (Å²) in [4.78, 5) is 24.3. The summed E-state index contributed by atoms with van der Waals surface area (Å²) in [7, 11) is 1.36. The van der Waals surface area contributed by atoms with Crippen LogP contribution in [0.15, 0.2) is 11.1 Å². The first kappa shape index (κ1) is 35.7. The lowest BCUT2D eigenvalue weighted by Gasteiger charge is -2.11. The Kier molecular flexibility index (Phi) is 26.7. The summed E-state index contributed by atoms with van der Waals surface area (Å²) < 4.78 is 4.95. The number of carboxylic acid groups (broad SMARTS) is 1. The van der Waals surface area contributed by atoms with Gasteiger partial charge in [-0.15, -0.1) is 0 Å². The molecule has 218 valence electrons. The highest BCUT2D eigenvalue weighted by atomic mass is 16.5. The van der Waals surface area contributed by atoms with Crippen LogP contribution >= 0.6 is 0 Å². The van der Waals surface area contributed by atoms with E-state index in [9.17, 15) is 14.7 Å². The Balaban J connectivity index is 4.14. The van der Waals surface area contributed by atoms with Gasteiger partial charge in [-0.1, -0.05) is 155 Å². The van der Waals surface area contributed by atoms with Gasteiger partial charge in [-0.2, -0.15) is 0 Å². The highest BCUT2D eigenvalue weighted by Gasteiger charge is 2.20. The number of methoxy groups -OCH3 is 1. The van der Waals surface area contributed by atoms with E-state index in [2.05, 4.69) is 13.8 Å². The van der Waals surface area contributed by atoms with E-state index >= 15 is 0 Å². The van der Waals surface area contributed by atoms with Gasteiger partial charge in [0.15, 0.2) is 0 Å². The van der Waals surface area contributed by atoms with Crippen LogP contribution in [0.2, 0.25) is 0 Å². The predicted molar refractivity (Wildman–Crippen MR) is 158 cm³/mol. The highest BCUT2D eigenvalue weighted by molar-refractivity contribution is 5.99. The third kappa shape index (κ3) is 22.4. The molecule has 0 radical (unpaired) electrons. The Labute approximate surface area is 230 Å². The summed E-state index contributed by atoms with van der Waals surface area (Å²) >= 11 is 0. The number of carbonyl (C=O) groups is 2. The summed E-state index contributed by atoms with van der Waals surface area (Å²) in [6.45, 7) is 4.51. The average Bonchev–Trinajstić information content (AvgIpc) is 2.89. The molecule has 0 rings (SSSR count). The number of aliphatic carboxylic acids is 1. The number of ether oxygens (including phenoxy) is 1. The molecule has 0 saturated carbocycles. The van der Waals surface area contributed by atoms with Crippen LogP contribution in [0.3, 0.4) is 0 Å². The van der Waals surface area contributed by atoms with Gasteiger partial charge in [0.25, 0.3) is 0 Å². The molecule has 0 aliphatic heterocycles. The van der Waals surface area contributed by atoms with E-state index in [0.717, 1.165) is 38.5 Å². The van der Waals surface area contributed by atoms with Gasteiger partial charge < -0.3 is 9.84 Å². The van der Waals surface area contributed by atoms with E-state index in [1.54, 1.807) is 0 Å². The second kappa shape index (κ2) is 27.7. The van der Waals surface area contributed by atoms with Gasteiger partial charge in [0.05, 0.1) is 7.11 Å². The Morgan fingerprint density at radius 1 is 0.459 bits per heavy atom. The van der Waals surface area contributed by atoms with E-state index in [1.165, 1.54) is 123 Å². The maximum atomic E-state index is 12.4. The van der Waals surface area contributed by atoms with Crippen molar-refractivity contribution in [2.45, 2.75) is 181 Å². The quantitative estimate of drug-likeness (QED) is 0.0630. The van der Waals surface area contributed by atoms with Crippen LogP contribution in [0.4, 0.5) is 0 Å². The largest absolute Gasteiger partial charge is 0.478 e. The van der Waals surface area contributed by atoms with Crippen molar-refractivity contribution in [1.29, 1.82) is 0 Å². The number of carbonyl (C=O) groups excluding carboxylic acids is 1. The van der Waals surface area contributed by atoms with Crippen LogP contribution in [-0.2, 0) is 14.3 Å². The smallest absolute Gasteiger partial charge is 0.334 e. The minimum atomic E-state index is -0.956. The third-order valence-corrected chi connectivity index (χ3v) is 7.61. The second-order valence-corrected chi connectivity index (χ2v) is 11.0. The molecule has 0 fully saturated rings. The van der Waals surface area contributed by atoms with Crippen LogP contribution in [0.25, 0.3) is 0 Å². The highest BCUT2D eigenvalue weighted by Crippen LogP contribution is 2.22. The molecule has 37 heavy (non-hydrogen) atoms. The first-order chi connectivity index (χ1) is 18.1. The van der Waals surface area contributed by atoms with Crippen molar-refractivity contribution in [3.05, 3.63) is 11.1 Å². The van der Waals surface area contributed by atoms with E-state index in [-0.39, 0.29) is 5.57 Å².